The van der Waals surface area contributed by atoms with Crippen molar-refractivity contribution >= 4 is 28.7 Å². The van der Waals surface area contributed by atoms with Gasteiger partial charge in [0, 0.05) is 0 Å². The molecule has 0 aliphatic rings. The van der Waals surface area contributed by atoms with Crippen LogP contribution in [0.4, 0.5) is 10.3 Å². The molecule has 0 bridgehead atoms. The lowest BCUT2D eigenvalue weighted by atomic mass is 10.2. The van der Waals surface area contributed by atoms with Gasteiger partial charge < -0.3 is 10.7 Å². The number of imidazole rings is 1. The first-order valence-corrected chi connectivity index (χ1v) is 5.64. The van der Waals surface area contributed by atoms with Crippen molar-refractivity contribution in [1.82, 2.24) is 19.9 Å². The van der Waals surface area contributed by atoms with Crippen LogP contribution in [0.2, 0.25) is 5.02 Å². The summed E-state index contributed by atoms with van der Waals surface area (Å²) in [5.74, 6) is -0.506. The fourth-order valence-corrected chi connectivity index (χ4v) is 1.91. The Kier molecular flexibility index (Phi) is 2.49. The van der Waals surface area contributed by atoms with Crippen LogP contribution >= 0.6 is 11.6 Å². The maximum absolute atomic E-state index is 13.9. The summed E-state index contributed by atoms with van der Waals surface area (Å²) in [5, 5.41) is -0.0284. The molecule has 0 saturated heterocycles. The zero-order chi connectivity index (χ0) is 13.6. The van der Waals surface area contributed by atoms with Crippen LogP contribution in [0, 0.1) is 5.82 Å². The number of aromatic amines is 2. The quantitative estimate of drug-likeness (QED) is 0.631. The van der Waals surface area contributed by atoms with Crippen LogP contribution in [0.3, 0.4) is 0 Å². The molecule has 19 heavy (non-hydrogen) atoms. The summed E-state index contributed by atoms with van der Waals surface area (Å²) in [5.41, 5.74) is 5.35. The number of nitrogen functional groups attached to an aromatic ring is 1. The SMILES string of the molecule is Nc1nc2nc(-c3cccc(Cl)c3F)[nH]c2c(=O)[nH]1. The molecule has 1 aromatic carbocycles. The van der Waals surface area contributed by atoms with E-state index in [1.807, 2.05) is 0 Å². The van der Waals surface area contributed by atoms with Crippen LogP contribution < -0.4 is 11.3 Å². The van der Waals surface area contributed by atoms with Gasteiger partial charge in [-0.15, -0.1) is 0 Å². The number of hydrogen-bond acceptors (Lipinski definition) is 4. The number of aromatic nitrogens is 4. The van der Waals surface area contributed by atoms with Crippen LogP contribution in [0.15, 0.2) is 23.0 Å². The van der Waals surface area contributed by atoms with E-state index in [1.54, 1.807) is 6.07 Å². The number of nitrogens with one attached hydrogen (secondary N) is 2. The van der Waals surface area contributed by atoms with E-state index >= 15 is 0 Å². The monoisotopic (exact) mass is 279 g/mol. The van der Waals surface area contributed by atoms with Crippen molar-refractivity contribution in [3.63, 3.8) is 0 Å². The maximum atomic E-state index is 13.9. The highest BCUT2D eigenvalue weighted by Crippen LogP contribution is 2.26. The van der Waals surface area contributed by atoms with Crippen molar-refractivity contribution in [2.24, 2.45) is 0 Å². The maximum Gasteiger partial charge on any atom is 0.278 e. The van der Waals surface area contributed by atoms with Crippen LogP contribution in [-0.4, -0.2) is 19.9 Å². The fourth-order valence-electron chi connectivity index (χ4n) is 1.74. The predicted molar refractivity (Wildman–Crippen MR) is 69.3 cm³/mol. The van der Waals surface area contributed by atoms with E-state index in [0.717, 1.165) is 0 Å². The molecule has 96 valence electrons. The second-order valence-electron chi connectivity index (χ2n) is 3.84. The van der Waals surface area contributed by atoms with Gasteiger partial charge in [0.15, 0.2) is 17.0 Å². The molecule has 2 heterocycles. The van der Waals surface area contributed by atoms with Crippen molar-refractivity contribution in [3.8, 4) is 11.4 Å². The van der Waals surface area contributed by atoms with Gasteiger partial charge in [-0.2, -0.15) is 4.98 Å². The third-order valence-corrected chi connectivity index (χ3v) is 2.88. The fraction of sp³-hybridized carbons (Fsp3) is 0. The van der Waals surface area contributed by atoms with E-state index < -0.39 is 11.4 Å². The van der Waals surface area contributed by atoms with Crippen molar-refractivity contribution in [1.29, 1.82) is 0 Å². The van der Waals surface area contributed by atoms with Gasteiger partial charge in [-0.1, -0.05) is 17.7 Å². The van der Waals surface area contributed by atoms with Gasteiger partial charge in [-0.25, -0.2) is 9.37 Å². The van der Waals surface area contributed by atoms with Crippen molar-refractivity contribution in [3.05, 3.63) is 39.4 Å². The smallest absolute Gasteiger partial charge is 0.278 e. The van der Waals surface area contributed by atoms with Gasteiger partial charge in [-0.3, -0.25) is 9.78 Å². The minimum Gasteiger partial charge on any atom is -0.369 e. The van der Waals surface area contributed by atoms with Gasteiger partial charge in [-0.05, 0) is 12.1 Å². The number of H-pyrrole nitrogens is 2. The zero-order valence-electron chi connectivity index (χ0n) is 9.37. The first-order valence-electron chi connectivity index (χ1n) is 5.26. The number of benzene rings is 1. The van der Waals surface area contributed by atoms with Gasteiger partial charge in [0.2, 0.25) is 5.95 Å². The predicted octanol–water partition coefficient (Wildman–Crippen LogP) is 1.69. The van der Waals surface area contributed by atoms with Crippen molar-refractivity contribution in [2.45, 2.75) is 0 Å². The van der Waals surface area contributed by atoms with Gasteiger partial charge >= 0.3 is 0 Å². The molecule has 0 aliphatic heterocycles. The van der Waals surface area contributed by atoms with Gasteiger partial charge in [0.05, 0.1) is 10.6 Å². The van der Waals surface area contributed by atoms with E-state index in [2.05, 4.69) is 19.9 Å². The van der Waals surface area contributed by atoms with E-state index in [1.165, 1.54) is 12.1 Å². The first kappa shape index (κ1) is 11.7. The van der Waals surface area contributed by atoms with Crippen molar-refractivity contribution in [2.75, 3.05) is 5.73 Å². The Hall–Kier alpha value is -2.41. The molecule has 0 fully saturated rings. The number of halogens is 2. The molecule has 0 unspecified atom stereocenters. The minimum absolute atomic E-state index is 0.0284. The van der Waals surface area contributed by atoms with E-state index in [9.17, 15) is 9.18 Å². The van der Waals surface area contributed by atoms with Crippen molar-refractivity contribution < 1.29 is 4.39 Å². The summed E-state index contributed by atoms with van der Waals surface area (Å²) in [6, 6.07) is 4.50. The lowest BCUT2D eigenvalue weighted by molar-refractivity contribution is 0.630. The lowest BCUT2D eigenvalue weighted by Gasteiger charge is -1.99. The Balaban J connectivity index is 2.30. The number of nitrogens with two attached hydrogens (primary N) is 1. The number of nitrogens with zero attached hydrogens (tertiary/aromatic N) is 2. The molecule has 8 heteroatoms. The highest BCUT2D eigenvalue weighted by molar-refractivity contribution is 6.31. The molecule has 0 spiro atoms. The van der Waals surface area contributed by atoms with Crippen LogP contribution in [0.25, 0.3) is 22.6 Å². The Morgan fingerprint density at radius 3 is 2.84 bits per heavy atom. The summed E-state index contributed by atoms with van der Waals surface area (Å²) < 4.78 is 13.9. The third kappa shape index (κ3) is 1.84. The number of anilines is 1. The molecule has 3 rings (SSSR count). The third-order valence-electron chi connectivity index (χ3n) is 2.59. The summed E-state index contributed by atoms with van der Waals surface area (Å²) in [4.78, 5) is 24.6. The molecule has 6 nitrogen and oxygen atoms in total. The number of hydrogen-bond donors (Lipinski definition) is 3. The Labute approximate surface area is 110 Å². The standard InChI is InChI=1S/C11H7ClFN5O/c12-5-3-1-2-4(6(5)13)8-15-7-9(16-8)17-11(14)18-10(7)19/h1-3H,(H4,14,15,16,17,18,19). The van der Waals surface area contributed by atoms with Crippen LogP contribution in [0.1, 0.15) is 0 Å². The molecular formula is C11H7ClFN5O. The Morgan fingerprint density at radius 1 is 1.26 bits per heavy atom. The summed E-state index contributed by atoms with van der Waals surface area (Å²) in [7, 11) is 0. The Morgan fingerprint density at radius 2 is 2.05 bits per heavy atom. The molecular weight excluding hydrogens is 273 g/mol. The van der Waals surface area contributed by atoms with Crippen LogP contribution in [-0.2, 0) is 0 Å². The number of fused-ring (bicyclic) bond motifs is 1. The minimum atomic E-state index is -0.618. The highest BCUT2D eigenvalue weighted by atomic mass is 35.5. The van der Waals surface area contributed by atoms with E-state index in [4.69, 9.17) is 17.3 Å². The van der Waals surface area contributed by atoms with Gasteiger partial charge in [0.25, 0.3) is 5.56 Å². The number of rotatable bonds is 1. The average Bonchev–Trinajstić information content (AvgIpc) is 2.76. The molecule has 0 amide bonds. The molecule has 0 radical (unpaired) electrons. The highest BCUT2D eigenvalue weighted by Gasteiger charge is 2.14. The molecule has 3 aromatic rings. The molecule has 0 aliphatic carbocycles. The molecule has 2 aromatic heterocycles. The van der Waals surface area contributed by atoms with Gasteiger partial charge in [0.1, 0.15) is 5.82 Å². The second-order valence-corrected chi connectivity index (χ2v) is 4.24. The van der Waals surface area contributed by atoms with E-state index in [0.29, 0.717) is 0 Å². The Bertz CT molecular complexity index is 841. The topological polar surface area (TPSA) is 100 Å². The van der Waals surface area contributed by atoms with E-state index in [-0.39, 0.29) is 33.5 Å². The average molecular weight is 280 g/mol. The summed E-state index contributed by atoms with van der Waals surface area (Å²) in [6.07, 6.45) is 0. The summed E-state index contributed by atoms with van der Waals surface area (Å²) >= 11 is 5.70. The molecule has 4 N–H and O–H groups in total. The largest absolute Gasteiger partial charge is 0.369 e. The lowest BCUT2D eigenvalue weighted by Crippen LogP contribution is -2.10. The molecule has 0 atom stereocenters. The zero-order valence-corrected chi connectivity index (χ0v) is 10.1. The first-order chi connectivity index (χ1) is 9.06. The normalized spacial score (nSPS) is 11.1. The molecule has 0 saturated carbocycles. The summed E-state index contributed by atoms with van der Waals surface area (Å²) in [6.45, 7) is 0. The van der Waals surface area contributed by atoms with Crippen LogP contribution in [0.5, 0.6) is 0 Å². The second kappa shape index (κ2) is 4.06.